The Bertz CT molecular complexity index is 1370. The number of carbonyl (C=O) groups is 1. The fraction of sp³-hybridized carbons (Fsp3) is 0.0800. The van der Waals surface area contributed by atoms with Crippen molar-refractivity contribution in [2.24, 2.45) is 0 Å². The van der Waals surface area contributed by atoms with E-state index in [1.54, 1.807) is 30.3 Å². The molecule has 0 spiro atoms. The quantitative estimate of drug-likeness (QED) is 0.281. The Kier molecular flexibility index (Phi) is 6.54. The Balaban J connectivity index is 1.79. The van der Waals surface area contributed by atoms with E-state index < -0.39 is 17.6 Å². The molecule has 0 aliphatic rings. The largest absolute Gasteiger partial charge is 0.488 e. The summed E-state index contributed by atoms with van der Waals surface area (Å²) in [5, 5.41) is 9.92. The number of aromatic carboxylic acids is 1. The van der Waals surface area contributed by atoms with Crippen molar-refractivity contribution in [2.45, 2.75) is 13.5 Å². The molecule has 0 aliphatic carbocycles. The van der Waals surface area contributed by atoms with E-state index in [4.69, 9.17) is 16.3 Å². The van der Waals surface area contributed by atoms with Crippen LogP contribution in [0, 0.1) is 18.6 Å². The monoisotopic (exact) mass is 531 g/mol. The molecule has 0 amide bonds. The Hall–Kier alpha value is -3.16. The molecule has 0 saturated carbocycles. The Morgan fingerprint density at radius 2 is 1.88 bits per heavy atom. The summed E-state index contributed by atoms with van der Waals surface area (Å²) in [6.07, 6.45) is 0. The molecule has 4 rings (SSSR count). The van der Waals surface area contributed by atoms with Gasteiger partial charge in [-0.1, -0.05) is 39.7 Å². The van der Waals surface area contributed by atoms with Gasteiger partial charge in [-0.05, 0) is 61.5 Å². The molecule has 1 aromatic heterocycles. The van der Waals surface area contributed by atoms with Crippen LogP contribution in [-0.2, 0) is 6.61 Å². The second-order valence-electron chi connectivity index (χ2n) is 7.34. The molecule has 0 atom stereocenters. The summed E-state index contributed by atoms with van der Waals surface area (Å²) in [4.78, 5) is 11.6. The number of aromatic nitrogens is 1. The van der Waals surface area contributed by atoms with Crippen molar-refractivity contribution in [1.82, 2.24) is 4.57 Å². The van der Waals surface area contributed by atoms with E-state index in [2.05, 4.69) is 15.9 Å². The number of benzene rings is 3. The third-order valence-corrected chi connectivity index (χ3v) is 5.79. The third-order valence-electron chi connectivity index (χ3n) is 5.10. The zero-order valence-electron chi connectivity index (χ0n) is 17.3. The fourth-order valence-electron chi connectivity index (χ4n) is 3.56. The summed E-state index contributed by atoms with van der Waals surface area (Å²) in [6, 6.07) is 17.6. The molecule has 4 aromatic rings. The number of hydrogen-bond acceptors (Lipinski definition) is 2. The van der Waals surface area contributed by atoms with Crippen molar-refractivity contribution in [2.75, 3.05) is 0 Å². The first-order chi connectivity index (χ1) is 15.7. The highest BCUT2D eigenvalue weighted by Crippen LogP contribution is 2.36. The normalized spacial score (nSPS) is 10.9. The lowest BCUT2D eigenvalue weighted by Gasteiger charge is -2.17. The molecule has 168 valence electrons. The number of rotatable bonds is 6. The minimum Gasteiger partial charge on any atom is -0.488 e. The Morgan fingerprint density at radius 3 is 2.64 bits per heavy atom. The topological polar surface area (TPSA) is 51.5 Å². The molecule has 0 saturated heterocycles. The smallest absolute Gasteiger partial charge is 0.335 e. The minimum atomic E-state index is -1.05. The van der Waals surface area contributed by atoms with Crippen molar-refractivity contribution in [1.29, 1.82) is 0 Å². The van der Waals surface area contributed by atoms with Gasteiger partial charge in [-0.15, -0.1) is 0 Å². The Morgan fingerprint density at radius 1 is 1.09 bits per heavy atom. The summed E-state index contributed by atoms with van der Waals surface area (Å²) in [5.41, 5.74) is 2.99. The maximum Gasteiger partial charge on any atom is 0.335 e. The number of nitrogens with zero attached hydrogens (tertiary/aromatic N) is 1. The summed E-state index contributed by atoms with van der Waals surface area (Å²) < 4.78 is 36.0. The predicted octanol–water partition coefficient (Wildman–Crippen LogP) is 7.42. The van der Waals surface area contributed by atoms with Crippen LogP contribution in [0.15, 0.2) is 71.2 Å². The van der Waals surface area contributed by atoms with Gasteiger partial charge in [0, 0.05) is 32.0 Å². The van der Waals surface area contributed by atoms with E-state index in [0.717, 1.165) is 11.8 Å². The molecule has 0 radical (unpaired) electrons. The summed E-state index contributed by atoms with van der Waals surface area (Å²) >= 11 is 9.64. The van der Waals surface area contributed by atoms with Crippen molar-refractivity contribution in [3.63, 3.8) is 0 Å². The number of hydrogen-bond donors (Lipinski definition) is 1. The van der Waals surface area contributed by atoms with Crippen LogP contribution in [0.25, 0.3) is 16.9 Å². The first-order valence-electron chi connectivity index (χ1n) is 9.83. The van der Waals surface area contributed by atoms with Gasteiger partial charge >= 0.3 is 5.97 Å². The van der Waals surface area contributed by atoms with Crippen LogP contribution in [-0.4, -0.2) is 15.6 Å². The fourth-order valence-corrected chi connectivity index (χ4v) is 4.22. The van der Waals surface area contributed by atoms with E-state index in [1.807, 2.05) is 23.6 Å². The van der Waals surface area contributed by atoms with Gasteiger partial charge in [0.25, 0.3) is 0 Å². The average Bonchev–Trinajstić information content (AvgIpc) is 3.16. The van der Waals surface area contributed by atoms with Gasteiger partial charge in [-0.3, -0.25) is 0 Å². The molecular weight excluding hydrogens is 516 g/mol. The first kappa shape index (κ1) is 23.0. The zero-order valence-corrected chi connectivity index (χ0v) is 19.6. The van der Waals surface area contributed by atoms with E-state index >= 15 is 0 Å². The molecule has 4 nitrogen and oxygen atoms in total. The Labute approximate surface area is 202 Å². The second kappa shape index (κ2) is 9.37. The SMILES string of the molecule is Cc1ccc(-c2cc(Cl)ccc2OCc2cccc(F)c2F)n1-c1cc(Br)cc(C(=O)O)c1. The van der Waals surface area contributed by atoms with Crippen molar-refractivity contribution in [3.8, 4) is 22.7 Å². The average molecular weight is 533 g/mol. The maximum atomic E-state index is 14.1. The number of halogens is 4. The van der Waals surface area contributed by atoms with Gasteiger partial charge in [0.1, 0.15) is 12.4 Å². The minimum absolute atomic E-state index is 0.0838. The lowest BCUT2D eigenvalue weighted by atomic mass is 10.1. The molecule has 0 bridgehead atoms. The highest BCUT2D eigenvalue weighted by atomic mass is 79.9. The van der Waals surface area contributed by atoms with E-state index in [1.165, 1.54) is 18.2 Å². The molecular formula is C25H17BrClF2NO3. The summed E-state index contributed by atoms with van der Waals surface area (Å²) in [5.74, 6) is -2.54. The molecule has 33 heavy (non-hydrogen) atoms. The van der Waals surface area contributed by atoms with E-state index in [-0.39, 0.29) is 17.7 Å². The molecule has 1 heterocycles. The number of ether oxygens (including phenoxy) is 1. The molecule has 1 N–H and O–H groups in total. The third kappa shape index (κ3) is 4.79. The lowest BCUT2D eigenvalue weighted by Crippen LogP contribution is -2.05. The van der Waals surface area contributed by atoms with E-state index in [0.29, 0.717) is 32.2 Å². The summed E-state index contributed by atoms with van der Waals surface area (Å²) in [6.45, 7) is 1.70. The maximum absolute atomic E-state index is 14.1. The van der Waals surface area contributed by atoms with Gasteiger partial charge < -0.3 is 14.4 Å². The summed E-state index contributed by atoms with van der Waals surface area (Å²) in [7, 11) is 0. The zero-order chi connectivity index (χ0) is 23.7. The van der Waals surface area contributed by atoms with Gasteiger partial charge in [0.2, 0.25) is 0 Å². The second-order valence-corrected chi connectivity index (χ2v) is 8.69. The van der Waals surface area contributed by atoms with Gasteiger partial charge in [0.15, 0.2) is 11.6 Å². The van der Waals surface area contributed by atoms with Crippen molar-refractivity contribution < 1.29 is 23.4 Å². The van der Waals surface area contributed by atoms with Gasteiger partial charge in [-0.2, -0.15) is 0 Å². The number of carboxylic acids is 1. The number of aryl methyl sites for hydroxylation is 1. The van der Waals surface area contributed by atoms with Gasteiger partial charge in [-0.25, -0.2) is 13.6 Å². The van der Waals surface area contributed by atoms with Crippen LogP contribution in [0.1, 0.15) is 21.6 Å². The predicted molar refractivity (Wildman–Crippen MR) is 126 cm³/mol. The number of carboxylic acid groups (broad SMARTS) is 1. The van der Waals surface area contributed by atoms with Crippen LogP contribution in [0.2, 0.25) is 5.02 Å². The van der Waals surface area contributed by atoms with Crippen molar-refractivity contribution in [3.05, 3.63) is 105 Å². The molecule has 3 aromatic carbocycles. The molecule has 8 heteroatoms. The standard InChI is InChI=1S/C25H17BrClF2NO3/c1-14-5-7-22(30(14)19-10-16(25(31)32)9-17(26)11-19)20-12-18(27)6-8-23(20)33-13-15-3-2-4-21(28)24(15)29/h2-12H,13H2,1H3,(H,31,32). The van der Waals surface area contributed by atoms with Crippen LogP contribution in [0.5, 0.6) is 5.75 Å². The van der Waals surface area contributed by atoms with Gasteiger partial charge in [0.05, 0.1) is 11.3 Å². The first-order valence-corrected chi connectivity index (χ1v) is 11.0. The van der Waals surface area contributed by atoms with Crippen LogP contribution < -0.4 is 4.74 Å². The highest BCUT2D eigenvalue weighted by Gasteiger charge is 2.17. The van der Waals surface area contributed by atoms with Crippen LogP contribution >= 0.6 is 27.5 Å². The van der Waals surface area contributed by atoms with Crippen LogP contribution in [0.4, 0.5) is 8.78 Å². The molecule has 0 aliphatic heterocycles. The molecule has 0 fully saturated rings. The molecule has 0 unspecified atom stereocenters. The highest BCUT2D eigenvalue weighted by molar-refractivity contribution is 9.10. The van der Waals surface area contributed by atoms with Crippen molar-refractivity contribution >= 4 is 33.5 Å². The van der Waals surface area contributed by atoms with E-state index in [9.17, 15) is 18.7 Å². The lowest BCUT2D eigenvalue weighted by molar-refractivity contribution is 0.0696. The van der Waals surface area contributed by atoms with Crippen LogP contribution in [0.3, 0.4) is 0 Å².